The second-order valence-corrected chi connectivity index (χ2v) is 4.09. The summed E-state index contributed by atoms with van der Waals surface area (Å²) in [6.45, 7) is 6.26. The number of rotatable bonds is 8. The third kappa shape index (κ3) is 8.54. The van der Waals surface area contributed by atoms with Crippen molar-refractivity contribution < 1.29 is 4.74 Å². The molecule has 0 aliphatic rings. The van der Waals surface area contributed by atoms with Crippen molar-refractivity contribution in [3.05, 3.63) is 0 Å². The summed E-state index contributed by atoms with van der Waals surface area (Å²) >= 11 is 5.83. The molecule has 0 aromatic heterocycles. The van der Waals surface area contributed by atoms with Crippen molar-refractivity contribution in [3.8, 4) is 0 Å². The summed E-state index contributed by atoms with van der Waals surface area (Å²) in [5.74, 6) is 1.41. The number of ether oxygens (including phenoxy) is 1. The topological polar surface area (TPSA) is 21.3 Å². The zero-order chi connectivity index (χ0) is 10.1. The highest BCUT2D eigenvalue weighted by Gasteiger charge is 2.07. The van der Waals surface area contributed by atoms with Crippen LogP contribution in [0.15, 0.2) is 0 Å². The van der Waals surface area contributed by atoms with E-state index in [2.05, 4.69) is 19.2 Å². The van der Waals surface area contributed by atoms with Crippen molar-refractivity contribution in [3.63, 3.8) is 0 Å². The maximum atomic E-state index is 5.83. The Morgan fingerprint density at radius 1 is 1.38 bits per heavy atom. The Hall–Kier alpha value is 0.210. The zero-order valence-corrected chi connectivity index (χ0v) is 9.73. The second kappa shape index (κ2) is 8.79. The van der Waals surface area contributed by atoms with Crippen LogP contribution in [0.25, 0.3) is 0 Å². The molecule has 1 atom stereocenters. The molecule has 0 rings (SSSR count). The molecule has 0 aliphatic heterocycles. The van der Waals surface area contributed by atoms with E-state index in [0.29, 0.717) is 17.8 Å². The van der Waals surface area contributed by atoms with Gasteiger partial charge in [-0.3, -0.25) is 0 Å². The molecule has 0 saturated heterocycles. The van der Waals surface area contributed by atoms with E-state index in [4.69, 9.17) is 16.3 Å². The molecular weight excluding hydrogens is 186 g/mol. The van der Waals surface area contributed by atoms with E-state index in [1.165, 1.54) is 0 Å². The number of methoxy groups -OCH3 is 1. The van der Waals surface area contributed by atoms with Gasteiger partial charge in [0.25, 0.3) is 0 Å². The summed E-state index contributed by atoms with van der Waals surface area (Å²) in [5, 5.41) is 3.42. The van der Waals surface area contributed by atoms with Crippen LogP contribution in [-0.4, -0.2) is 32.2 Å². The highest BCUT2D eigenvalue weighted by atomic mass is 35.5. The second-order valence-electron chi connectivity index (χ2n) is 3.78. The minimum Gasteiger partial charge on any atom is -0.385 e. The first-order valence-corrected chi connectivity index (χ1v) is 5.52. The summed E-state index contributed by atoms with van der Waals surface area (Å²) < 4.78 is 4.97. The Morgan fingerprint density at radius 2 is 2.08 bits per heavy atom. The Morgan fingerprint density at radius 3 is 2.54 bits per heavy atom. The number of nitrogens with one attached hydrogen (secondary N) is 1. The summed E-state index contributed by atoms with van der Waals surface area (Å²) in [6.07, 6.45) is 2.21. The van der Waals surface area contributed by atoms with Gasteiger partial charge in [-0.25, -0.2) is 0 Å². The molecule has 0 aliphatic carbocycles. The molecule has 0 heterocycles. The Balaban J connectivity index is 3.36. The predicted molar refractivity (Wildman–Crippen MR) is 58.5 cm³/mol. The molecule has 0 spiro atoms. The molecule has 2 nitrogen and oxygen atoms in total. The van der Waals surface area contributed by atoms with E-state index in [1.54, 1.807) is 7.11 Å². The van der Waals surface area contributed by atoms with Crippen molar-refractivity contribution in [2.45, 2.75) is 32.7 Å². The van der Waals surface area contributed by atoms with Crippen LogP contribution in [0, 0.1) is 5.92 Å². The van der Waals surface area contributed by atoms with Crippen LogP contribution in [0.2, 0.25) is 0 Å². The van der Waals surface area contributed by atoms with Crippen LogP contribution in [0.1, 0.15) is 26.7 Å². The third-order valence-corrected chi connectivity index (χ3v) is 2.27. The largest absolute Gasteiger partial charge is 0.385 e. The normalized spacial score (nSPS) is 13.6. The number of hydrogen-bond acceptors (Lipinski definition) is 2. The summed E-state index contributed by atoms with van der Waals surface area (Å²) in [7, 11) is 1.73. The van der Waals surface area contributed by atoms with E-state index < -0.39 is 0 Å². The molecule has 0 bridgehead atoms. The molecule has 0 radical (unpaired) electrons. The molecule has 0 aromatic carbocycles. The Bertz CT molecular complexity index is 109. The average Bonchev–Trinajstić information content (AvgIpc) is 2.09. The standard InChI is InChI=1S/C10H22ClNO/c1-9(2)7-10(8-11)12-5-4-6-13-3/h9-10,12H,4-8H2,1-3H3. The first-order valence-electron chi connectivity index (χ1n) is 4.99. The van der Waals surface area contributed by atoms with Crippen LogP contribution in [0.3, 0.4) is 0 Å². The van der Waals surface area contributed by atoms with Gasteiger partial charge in [-0.15, -0.1) is 11.6 Å². The maximum absolute atomic E-state index is 5.83. The fraction of sp³-hybridized carbons (Fsp3) is 1.00. The fourth-order valence-corrected chi connectivity index (χ4v) is 1.53. The van der Waals surface area contributed by atoms with Crippen LogP contribution in [0.5, 0.6) is 0 Å². The fourth-order valence-electron chi connectivity index (χ4n) is 1.29. The van der Waals surface area contributed by atoms with Crippen molar-refractivity contribution in [1.82, 2.24) is 5.32 Å². The molecular formula is C10H22ClNO. The minimum absolute atomic E-state index is 0.457. The van der Waals surface area contributed by atoms with Gasteiger partial charge >= 0.3 is 0 Å². The smallest absolute Gasteiger partial charge is 0.0474 e. The van der Waals surface area contributed by atoms with Crippen molar-refractivity contribution in [2.24, 2.45) is 5.92 Å². The van der Waals surface area contributed by atoms with Gasteiger partial charge in [0, 0.05) is 25.6 Å². The minimum atomic E-state index is 0.457. The summed E-state index contributed by atoms with van der Waals surface area (Å²) in [4.78, 5) is 0. The van der Waals surface area contributed by atoms with Crippen LogP contribution in [0.4, 0.5) is 0 Å². The first kappa shape index (κ1) is 13.2. The van der Waals surface area contributed by atoms with Gasteiger partial charge in [-0.05, 0) is 25.3 Å². The van der Waals surface area contributed by atoms with Crippen molar-refractivity contribution in [1.29, 1.82) is 0 Å². The molecule has 0 fully saturated rings. The Labute approximate surface area is 87.0 Å². The lowest BCUT2D eigenvalue weighted by Crippen LogP contribution is -2.33. The number of alkyl halides is 1. The average molecular weight is 208 g/mol. The third-order valence-electron chi connectivity index (χ3n) is 1.90. The quantitative estimate of drug-likeness (QED) is 0.487. The SMILES string of the molecule is COCCCNC(CCl)CC(C)C. The van der Waals surface area contributed by atoms with Gasteiger partial charge in [0.15, 0.2) is 0 Å². The van der Waals surface area contributed by atoms with E-state index in [1.807, 2.05) is 0 Å². The first-order chi connectivity index (χ1) is 6.20. The molecule has 1 unspecified atom stereocenters. The lowest BCUT2D eigenvalue weighted by atomic mass is 10.1. The van der Waals surface area contributed by atoms with Gasteiger partial charge in [0.2, 0.25) is 0 Å². The molecule has 0 saturated carbocycles. The Kier molecular flexibility index (Phi) is 8.93. The summed E-state index contributed by atoms with van der Waals surface area (Å²) in [6, 6.07) is 0.457. The molecule has 0 aromatic rings. The van der Waals surface area contributed by atoms with E-state index in [0.717, 1.165) is 26.0 Å². The highest BCUT2D eigenvalue weighted by Crippen LogP contribution is 2.05. The molecule has 13 heavy (non-hydrogen) atoms. The van der Waals surface area contributed by atoms with Crippen LogP contribution >= 0.6 is 11.6 Å². The number of hydrogen-bond donors (Lipinski definition) is 1. The van der Waals surface area contributed by atoms with Gasteiger partial charge in [-0.2, -0.15) is 0 Å². The summed E-state index contributed by atoms with van der Waals surface area (Å²) in [5.41, 5.74) is 0. The van der Waals surface area contributed by atoms with E-state index in [-0.39, 0.29) is 0 Å². The zero-order valence-electron chi connectivity index (χ0n) is 8.98. The molecule has 0 amide bonds. The van der Waals surface area contributed by atoms with Crippen molar-refractivity contribution in [2.75, 3.05) is 26.1 Å². The van der Waals surface area contributed by atoms with Crippen molar-refractivity contribution >= 4 is 11.6 Å². The van der Waals surface area contributed by atoms with Gasteiger partial charge in [0.1, 0.15) is 0 Å². The monoisotopic (exact) mass is 207 g/mol. The van der Waals surface area contributed by atoms with Gasteiger partial charge in [-0.1, -0.05) is 13.8 Å². The lowest BCUT2D eigenvalue weighted by molar-refractivity contribution is 0.193. The predicted octanol–water partition coefficient (Wildman–Crippen LogP) is 2.27. The van der Waals surface area contributed by atoms with Gasteiger partial charge < -0.3 is 10.1 Å². The van der Waals surface area contributed by atoms with Gasteiger partial charge in [0.05, 0.1) is 0 Å². The molecule has 80 valence electrons. The highest BCUT2D eigenvalue weighted by molar-refractivity contribution is 6.18. The van der Waals surface area contributed by atoms with Crippen LogP contribution in [-0.2, 0) is 4.74 Å². The van der Waals surface area contributed by atoms with Crippen LogP contribution < -0.4 is 5.32 Å². The maximum Gasteiger partial charge on any atom is 0.0474 e. The molecule has 3 heteroatoms. The van der Waals surface area contributed by atoms with E-state index >= 15 is 0 Å². The van der Waals surface area contributed by atoms with E-state index in [9.17, 15) is 0 Å². The lowest BCUT2D eigenvalue weighted by Gasteiger charge is -2.17. The number of halogens is 1. The molecule has 1 N–H and O–H groups in total.